The number of H-pyrrole nitrogens is 1. The third kappa shape index (κ3) is 2.42. The van der Waals surface area contributed by atoms with E-state index in [0.717, 1.165) is 18.5 Å². The molecule has 0 radical (unpaired) electrons. The average molecular weight is 333 g/mol. The zero-order valence-electron chi connectivity index (χ0n) is 13.7. The number of aliphatic carboxylic acids is 1. The first kappa shape index (κ1) is 15.6. The smallest absolute Gasteiger partial charge is 0.314 e. The zero-order valence-corrected chi connectivity index (χ0v) is 13.7. The standard InChI is InChI=1S/C17H23N3O4/c21-15(6-5-14-12-3-1-2-4-13(12)18-19-14)20-7-11-8-24-10-17(11,9-20)16(22)23/h11H,1-10H2,(H,18,19)(H,22,23)/t11-,17-/m1/s1. The number of hydrogen-bond donors (Lipinski definition) is 2. The number of nitrogens with zero attached hydrogens (tertiary/aromatic N) is 2. The van der Waals surface area contributed by atoms with Crippen molar-refractivity contribution in [1.29, 1.82) is 0 Å². The number of rotatable bonds is 4. The summed E-state index contributed by atoms with van der Waals surface area (Å²) in [5.74, 6) is -0.906. The largest absolute Gasteiger partial charge is 0.481 e. The number of amides is 1. The first-order valence-electron chi connectivity index (χ1n) is 8.74. The number of carbonyl (C=O) groups is 2. The lowest BCUT2D eigenvalue weighted by Gasteiger charge is -2.22. The van der Waals surface area contributed by atoms with Crippen LogP contribution in [0.2, 0.25) is 0 Å². The minimum absolute atomic E-state index is 0.0255. The van der Waals surface area contributed by atoms with E-state index in [1.165, 1.54) is 24.1 Å². The van der Waals surface area contributed by atoms with E-state index in [-0.39, 0.29) is 25.0 Å². The third-order valence-corrected chi connectivity index (χ3v) is 5.87. The zero-order chi connectivity index (χ0) is 16.7. The molecule has 1 amide bonds. The molecule has 7 nitrogen and oxygen atoms in total. The first-order valence-corrected chi connectivity index (χ1v) is 8.74. The molecule has 1 aliphatic carbocycles. The lowest BCUT2D eigenvalue weighted by atomic mass is 9.81. The quantitative estimate of drug-likeness (QED) is 0.849. The average Bonchev–Trinajstić information content (AvgIpc) is 3.25. The molecule has 1 aromatic heterocycles. The molecule has 24 heavy (non-hydrogen) atoms. The highest BCUT2D eigenvalue weighted by atomic mass is 16.5. The predicted octanol–water partition coefficient (Wildman–Crippen LogP) is 0.781. The van der Waals surface area contributed by atoms with Gasteiger partial charge in [-0.1, -0.05) is 0 Å². The summed E-state index contributed by atoms with van der Waals surface area (Å²) in [5.41, 5.74) is 2.62. The van der Waals surface area contributed by atoms with Gasteiger partial charge in [-0.15, -0.1) is 0 Å². The maximum Gasteiger partial charge on any atom is 0.314 e. The second kappa shape index (κ2) is 5.88. The molecule has 2 fully saturated rings. The van der Waals surface area contributed by atoms with E-state index in [1.54, 1.807) is 4.90 Å². The van der Waals surface area contributed by atoms with Crippen LogP contribution in [0.3, 0.4) is 0 Å². The molecular weight excluding hydrogens is 310 g/mol. The van der Waals surface area contributed by atoms with Crippen molar-refractivity contribution >= 4 is 11.9 Å². The second-order valence-corrected chi connectivity index (χ2v) is 7.28. The van der Waals surface area contributed by atoms with Crippen molar-refractivity contribution in [2.24, 2.45) is 11.3 Å². The number of aromatic amines is 1. The van der Waals surface area contributed by atoms with Crippen molar-refractivity contribution < 1.29 is 19.4 Å². The van der Waals surface area contributed by atoms with Crippen molar-refractivity contribution in [3.63, 3.8) is 0 Å². The number of hydrogen-bond acceptors (Lipinski definition) is 4. The first-order chi connectivity index (χ1) is 11.6. The normalized spacial score (nSPS) is 28.7. The molecule has 0 aromatic carbocycles. The molecule has 3 aliphatic rings. The van der Waals surface area contributed by atoms with Crippen molar-refractivity contribution in [3.8, 4) is 0 Å². The lowest BCUT2D eigenvalue weighted by molar-refractivity contribution is -0.149. The van der Waals surface area contributed by atoms with Gasteiger partial charge < -0.3 is 14.7 Å². The second-order valence-electron chi connectivity index (χ2n) is 7.28. The SMILES string of the molecule is O=C(CCc1n[nH]c2c1CCCC2)N1C[C@@H]2COC[C@]2(C(=O)O)C1. The fraction of sp³-hybridized carbons (Fsp3) is 0.706. The van der Waals surface area contributed by atoms with Gasteiger partial charge in [0.1, 0.15) is 5.41 Å². The molecule has 2 atom stereocenters. The summed E-state index contributed by atoms with van der Waals surface area (Å²) in [6.07, 6.45) is 5.49. The Labute approximate surface area is 140 Å². The van der Waals surface area contributed by atoms with Gasteiger partial charge in [0.25, 0.3) is 0 Å². The fourth-order valence-electron chi connectivity index (χ4n) is 4.37. The van der Waals surface area contributed by atoms with Crippen LogP contribution in [0.15, 0.2) is 0 Å². The van der Waals surface area contributed by atoms with E-state index >= 15 is 0 Å². The van der Waals surface area contributed by atoms with Crippen LogP contribution in [-0.4, -0.2) is 58.4 Å². The van der Waals surface area contributed by atoms with Crippen LogP contribution in [0.5, 0.6) is 0 Å². The minimum atomic E-state index is -0.902. The van der Waals surface area contributed by atoms with Gasteiger partial charge in [0.2, 0.25) is 5.91 Å². The van der Waals surface area contributed by atoms with Crippen LogP contribution in [0.4, 0.5) is 0 Å². The Kier molecular flexibility index (Phi) is 3.83. The van der Waals surface area contributed by atoms with E-state index in [9.17, 15) is 14.7 Å². The van der Waals surface area contributed by atoms with Crippen LogP contribution in [0.25, 0.3) is 0 Å². The topological polar surface area (TPSA) is 95.5 Å². The summed E-state index contributed by atoms with van der Waals surface area (Å²) in [5, 5.41) is 17.0. The number of fused-ring (bicyclic) bond motifs is 2. The molecule has 1 aromatic rings. The number of aryl methyl sites for hydroxylation is 2. The Morgan fingerprint density at radius 3 is 3.00 bits per heavy atom. The number of likely N-dealkylation sites (tertiary alicyclic amines) is 1. The molecule has 130 valence electrons. The van der Waals surface area contributed by atoms with E-state index in [2.05, 4.69) is 10.2 Å². The molecule has 0 bridgehead atoms. The lowest BCUT2D eigenvalue weighted by Crippen LogP contribution is -2.40. The summed E-state index contributed by atoms with van der Waals surface area (Å²) in [7, 11) is 0. The fourth-order valence-corrected chi connectivity index (χ4v) is 4.37. The molecule has 4 rings (SSSR count). The molecule has 2 N–H and O–H groups in total. The molecule has 2 aliphatic heterocycles. The highest BCUT2D eigenvalue weighted by Gasteiger charge is 2.57. The Bertz CT molecular complexity index is 671. The van der Waals surface area contributed by atoms with E-state index in [1.807, 2.05) is 0 Å². The Hall–Kier alpha value is -1.89. The van der Waals surface area contributed by atoms with Crippen molar-refractivity contribution in [1.82, 2.24) is 15.1 Å². The van der Waals surface area contributed by atoms with Gasteiger partial charge in [-0.3, -0.25) is 14.7 Å². The van der Waals surface area contributed by atoms with Gasteiger partial charge in [-0.2, -0.15) is 5.10 Å². The maximum absolute atomic E-state index is 12.6. The van der Waals surface area contributed by atoms with Gasteiger partial charge >= 0.3 is 5.97 Å². The molecular formula is C17H23N3O4. The van der Waals surface area contributed by atoms with Gasteiger partial charge in [0, 0.05) is 37.5 Å². The molecule has 0 unspecified atom stereocenters. The van der Waals surface area contributed by atoms with Crippen LogP contribution < -0.4 is 0 Å². The number of carboxylic acid groups (broad SMARTS) is 1. The number of carboxylic acids is 1. The minimum Gasteiger partial charge on any atom is -0.481 e. The predicted molar refractivity (Wildman–Crippen MR) is 84.5 cm³/mol. The number of ether oxygens (including phenoxy) is 1. The summed E-state index contributed by atoms with van der Waals surface area (Å²) < 4.78 is 5.35. The van der Waals surface area contributed by atoms with E-state index < -0.39 is 11.4 Å². The summed E-state index contributed by atoms with van der Waals surface area (Å²) >= 11 is 0. The molecule has 7 heteroatoms. The van der Waals surface area contributed by atoms with Crippen LogP contribution in [0, 0.1) is 11.3 Å². The monoisotopic (exact) mass is 333 g/mol. The number of aromatic nitrogens is 2. The number of carbonyl (C=O) groups excluding carboxylic acids is 1. The van der Waals surface area contributed by atoms with Gasteiger partial charge in [0.15, 0.2) is 0 Å². The van der Waals surface area contributed by atoms with E-state index in [4.69, 9.17) is 4.74 Å². The highest BCUT2D eigenvalue weighted by Crippen LogP contribution is 2.41. The van der Waals surface area contributed by atoms with Gasteiger partial charge in [0.05, 0.1) is 18.9 Å². The summed E-state index contributed by atoms with van der Waals surface area (Å²) in [6, 6.07) is 0. The Balaban J connectivity index is 1.39. The molecule has 3 heterocycles. The molecule has 0 saturated carbocycles. The van der Waals surface area contributed by atoms with Crippen LogP contribution >= 0.6 is 0 Å². The van der Waals surface area contributed by atoms with Gasteiger partial charge in [-0.25, -0.2) is 0 Å². The van der Waals surface area contributed by atoms with E-state index in [0.29, 0.717) is 26.0 Å². The number of nitrogens with one attached hydrogen (secondary N) is 1. The van der Waals surface area contributed by atoms with Crippen LogP contribution in [-0.2, 0) is 33.6 Å². The summed E-state index contributed by atoms with van der Waals surface area (Å²) in [6.45, 7) is 1.40. The highest BCUT2D eigenvalue weighted by molar-refractivity contribution is 5.81. The Morgan fingerprint density at radius 2 is 2.21 bits per heavy atom. The van der Waals surface area contributed by atoms with Crippen molar-refractivity contribution in [3.05, 3.63) is 17.0 Å². The molecule has 2 saturated heterocycles. The van der Waals surface area contributed by atoms with Gasteiger partial charge in [-0.05, 0) is 31.2 Å². The maximum atomic E-state index is 12.6. The Morgan fingerprint density at radius 1 is 1.38 bits per heavy atom. The summed E-state index contributed by atoms with van der Waals surface area (Å²) in [4.78, 5) is 25.9. The molecule has 0 spiro atoms. The van der Waals surface area contributed by atoms with Crippen molar-refractivity contribution in [2.75, 3.05) is 26.3 Å². The van der Waals surface area contributed by atoms with Crippen LogP contribution in [0.1, 0.15) is 36.2 Å². The third-order valence-electron chi connectivity index (χ3n) is 5.87. The van der Waals surface area contributed by atoms with Crippen molar-refractivity contribution in [2.45, 2.75) is 38.5 Å².